The molecule has 1 aliphatic heterocycles. The quantitative estimate of drug-likeness (QED) is 0.447. The molecule has 0 atom stereocenters. The fourth-order valence-electron chi connectivity index (χ4n) is 4.32. The number of nitrogens with zero attached hydrogens (tertiary/aromatic N) is 4. The van der Waals surface area contributed by atoms with Gasteiger partial charge in [0.2, 0.25) is 5.95 Å². The second kappa shape index (κ2) is 9.44. The van der Waals surface area contributed by atoms with Crippen LogP contribution in [0.1, 0.15) is 24.8 Å². The Hall–Kier alpha value is -3.32. The molecule has 32 heavy (non-hydrogen) atoms. The second-order valence-electron chi connectivity index (χ2n) is 8.28. The van der Waals surface area contributed by atoms with Crippen LogP contribution in [0.3, 0.4) is 0 Å². The number of aryl methyl sites for hydroxylation is 1. The number of piperidine rings is 1. The van der Waals surface area contributed by atoms with Crippen molar-refractivity contribution in [3.05, 3.63) is 72.2 Å². The minimum absolute atomic E-state index is 0.237. The molecule has 1 fully saturated rings. The minimum Gasteiger partial charge on any atom is -0.350 e. The van der Waals surface area contributed by atoms with Crippen LogP contribution in [0.15, 0.2) is 60.8 Å². The first-order valence-electron chi connectivity index (χ1n) is 11.2. The third kappa shape index (κ3) is 4.48. The van der Waals surface area contributed by atoms with Crippen LogP contribution in [0.25, 0.3) is 22.6 Å². The van der Waals surface area contributed by atoms with Crippen LogP contribution in [-0.4, -0.2) is 32.6 Å². The Morgan fingerprint density at radius 3 is 2.59 bits per heavy atom. The number of halogens is 1. The average Bonchev–Trinajstić information content (AvgIpc) is 3.21. The van der Waals surface area contributed by atoms with Crippen LogP contribution in [0.2, 0.25) is 0 Å². The highest BCUT2D eigenvalue weighted by atomic mass is 19.1. The zero-order chi connectivity index (χ0) is 21.8. The van der Waals surface area contributed by atoms with Crippen LogP contribution in [-0.2, 0) is 13.1 Å². The summed E-state index contributed by atoms with van der Waals surface area (Å²) in [7, 11) is 0. The van der Waals surface area contributed by atoms with Gasteiger partial charge in [0.25, 0.3) is 0 Å². The van der Waals surface area contributed by atoms with Crippen molar-refractivity contribution in [1.82, 2.24) is 24.8 Å². The normalized spacial score (nSPS) is 14.7. The van der Waals surface area contributed by atoms with E-state index < -0.39 is 0 Å². The molecule has 6 nitrogen and oxygen atoms in total. The number of hydrogen-bond acceptors (Lipinski definition) is 5. The van der Waals surface area contributed by atoms with Crippen LogP contribution < -0.4 is 10.6 Å². The fraction of sp³-hybridized carbons (Fsp3) is 0.320. The molecule has 0 amide bonds. The number of fused-ring (bicyclic) bond motifs is 1. The summed E-state index contributed by atoms with van der Waals surface area (Å²) in [6.07, 6.45) is 5.25. The molecule has 0 unspecified atom stereocenters. The molecule has 7 heteroatoms. The smallest absolute Gasteiger partial charge is 0.225 e. The van der Waals surface area contributed by atoms with Crippen molar-refractivity contribution in [3.8, 4) is 11.4 Å². The molecule has 0 saturated carbocycles. The summed E-state index contributed by atoms with van der Waals surface area (Å²) in [5.41, 5.74) is 3.23. The van der Waals surface area contributed by atoms with Crippen molar-refractivity contribution in [1.29, 1.82) is 0 Å². The summed E-state index contributed by atoms with van der Waals surface area (Å²) in [4.78, 5) is 14.1. The van der Waals surface area contributed by atoms with Gasteiger partial charge in [0.1, 0.15) is 17.2 Å². The summed E-state index contributed by atoms with van der Waals surface area (Å²) in [5, 5.41) is 6.60. The van der Waals surface area contributed by atoms with E-state index in [0.29, 0.717) is 24.0 Å². The van der Waals surface area contributed by atoms with E-state index in [1.54, 1.807) is 18.3 Å². The maximum absolute atomic E-state index is 14.0. The summed E-state index contributed by atoms with van der Waals surface area (Å²) in [5.74, 6) is 1.86. The molecule has 164 valence electrons. The SMILES string of the molecule is Fc1ccccc1CNc1ncc2nc(-c3ccccc3)n(CCC3CCNCC3)c2n1. The van der Waals surface area contributed by atoms with Crippen LogP contribution in [0, 0.1) is 11.7 Å². The lowest BCUT2D eigenvalue weighted by Crippen LogP contribution is -2.28. The van der Waals surface area contributed by atoms with Crippen molar-refractivity contribution >= 4 is 17.1 Å². The zero-order valence-electron chi connectivity index (χ0n) is 18.0. The molecule has 4 aromatic rings. The van der Waals surface area contributed by atoms with Crippen LogP contribution in [0.4, 0.5) is 10.3 Å². The fourth-order valence-corrected chi connectivity index (χ4v) is 4.32. The van der Waals surface area contributed by atoms with Gasteiger partial charge in [-0.2, -0.15) is 4.98 Å². The Kier molecular flexibility index (Phi) is 6.07. The summed E-state index contributed by atoms with van der Waals surface area (Å²) >= 11 is 0. The highest BCUT2D eigenvalue weighted by Gasteiger charge is 2.18. The number of aromatic nitrogens is 4. The van der Waals surface area contributed by atoms with Gasteiger partial charge in [0.15, 0.2) is 5.65 Å². The lowest BCUT2D eigenvalue weighted by molar-refractivity contribution is 0.339. The van der Waals surface area contributed by atoms with Crippen molar-refractivity contribution in [2.24, 2.45) is 5.92 Å². The lowest BCUT2D eigenvalue weighted by Gasteiger charge is -2.23. The Bertz CT molecular complexity index is 1180. The molecule has 2 aromatic carbocycles. The molecule has 2 aromatic heterocycles. The van der Waals surface area contributed by atoms with Gasteiger partial charge >= 0.3 is 0 Å². The number of imidazole rings is 1. The molecular formula is C25H27FN6. The largest absolute Gasteiger partial charge is 0.350 e. The van der Waals surface area contributed by atoms with E-state index >= 15 is 0 Å². The predicted octanol–water partition coefficient (Wildman–Crippen LogP) is 4.63. The average molecular weight is 431 g/mol. The maximum Gasteiger partial charge on any atom is 0.225 e. The van der Waals surface area contributed by atoms with Gasteiger partial charge in [-0.3, -0.25) is 0 Å². The number of benzene rings is 2. The summed E-state index contributed by atoms with van der Waals surface area (Å²) in [6, 6.07) is 17.0. The molecule has 1 aliphatic rings. The van der Waals surface area contributed by atoms with Crippen molar-refractivity contribution in [3.63, 3.8) is 0 Å². The van der Waals surface area contributed by atoms with Gasteiger partial charge in [-0.15, -0.1) is 0 Å². The van der Waals surface area contributed by atoms with Crippen molar-refractivity contribution in [2.75, 3.05) is 18.4 Å². The van der Waals surface area contributed by atoms with Gasteiger partial charge in [0.05, 0.1) is 6.20 Å². The van der Waals surface area contributed by atoms with Crippen LogP contribution >= 0.6 is 0 Å². The molecule has 0 aliphatic carbocycles. The highest BCUT2D eigenvalue weighted by molar-refractivity contribution is 5.77. The maximum atomic E-state index is 14.0. The molecule has 3 heterocycles. The van der Waals surface area contributed by atoms with Crippen LogP contribution in [0.5, 0.6) is 0 Å². The van der Waals surface area contributed by atoms with Crippen molar-refractivity contribution in [2.45, 2.75) is 32.4 Å². The van der Waals surface area contributed by atoms with Gasteiger partial charge in [-0.25, -0.2) is 14.4 Å². The Labute approximate surface area is 186 Å². The van der Waals surface area contributed by atoms with Crippen molar-refractivity contribution < 1.29 is 4.39 Å². The highest BCUT2D eigenvalue weighted by Crippen LogP contribution is 2.26. The van der Waals surface area contributed by atoms with E-state index in [-0.39, 0.29) is 5.82 Å². The number of hydrogen-bond donors (Lipinski definition) is 2. The van der Waals surface area contributed by atoms with E-state index in [0.717, 1.165) is 48.6 Å². The van der Waals surface area contributed by atoms with E-state index in [9.17, 15) is 4.39 Å². The first-order valence-corrected chi connectivity index (χ1v) is 11.2. The summed E-state index contributed by atoms with van der Waals surface area (Å²) in [6.45, 7) is 3.36. The van der Waals surface area contributed by atoms with E-state index in [1.165, 1.54) is 18.9 Å². The predicted molar refractivity (Wildman–Crippen MR) is 125 cm³/mol. The molecule has 0 bridgehead atoms. The molecule has 1 saturated heterocycles. The summed E-state index contributed by atoms with van der Waals surface area (Å²) < 4.78 is 16.2. The number of rotatable bonds is 7. The molecule has 0 radical (unpaired) electrons. The second-order valence-corrected chi connectivity index (χ2v) is 8.28. The van der Waals surface area contributed by atoms with Gasteiger partial charge in [-0.1, -0.05) is 48.5 Å². The van der Waals surface area contributed by atoms with E-state index in [4.69, 9.17) is 9.97 Å². The number of anilines is 1. The Balaban J connectivity index is 1.45. The topological polar surface area (TPSA) is 67.7 Å². The molecule has 2 N–H and O–H groups in total. The van der Waals surface area contributed by atoms with E-state index in [1.807, 2.05) is 24.3 Å². The number of nitrogens with one attached hydrogen (secondary N) is 2. The Morgan fingerprint density at radius 1 is 1.00 bits per heavy atom. The lowest BCUT2D eigenvalue weighted by atomic mass is 9.95. The van der Waals surface area contributed by atoms with Gasteiger partial charge in [-0.05, 0) is 44.3 Å². The Morgan fingerprint density at radius 2 is 1.78 bits per heavy atom. The van der Waals surface area contributed by atoms with Gasteiger partial charge in [0, 0.05) is 24.2 Å². The zero-order valence-corrected chi connectivity index (χ0v) is 18.0. The molecular weight excluding hydrogens is 403 g/mol. The molecule has 0 spiro atoms. The molecule has 5 rings (SSSR count). The third-order valence-electron chi connectivity index (χ3n) is 6.13. The monoisotopic (exact) mass is 430 g/mol. The minimum atomic E-state index is -0.237. The van der Waals surface area contributed by atoms with E-state index in [2.05, 4.69) is 32.3 Å². The third-order valence-corrected chi connectivity index (χ3v) is 6.13. The standard InChI is InChI=1S/C25H27FN6/c26-21-9-5-4-8-20(21)16-28-25-29-17-22-24(31-25)32(15-12-18-10-13-27-14-11-18)23(30-22)19-6-2-1-3-7-19/h1-9,17-18,27H,10-16H2,(H,28,29,31). The first-order chi connectivity index (χ1) is 15.8. The van der Waals surface area contributed by atoms with Gasteiger partial charge < -0.3 is 15.2 Å². The first kappa shape index (κ1) is 20.6.